The highest BCUT2D eigenvalue weighted by Crippen LogP contribution is 2.28. The van der Waals surface area contributed by atoms with Gasteiger partial charge in [-0.1, -0.05) is 37.6 Å². The van der Waals surface area contributed by atoms with E-state index < -0.39 is 0 Å². The molecule has 2 aromatic rings. The predicted molar refractivity (Wildman–Crippen MR) is 80.3 cm³/mol. The minimum atomic E-state index is 0.399. The molecule has 2 rings (SSSR count). The van der Waals surface area contributed by atoms with Crippen molar-refractivity contribution in [3.8, 4) is 11.3 Å². The van der Waals surface area contributed by atoms with E-state index in [2.05, 4.69) is 50.9 Å². The largest absolute Gasteiger partial charge is 0.345 e. The fourth-order valence-corrected chi connectivity index (χ4v) is 2.33. The number of aryl methyl sites for hydroxylation is 2. The molecule has 0 unspecified atom stereocenters. The Hall–Kier alpha value is -1.61. The number of aromatic amines is 1. The summed E-state index contributed by atoms with van der Waals surface area (Å²) in [6, 6.07) is 6.49. The summed E-state index contributed by atoms with van der Waals surface area (Å²) in [7, 11) is 0. The van der Waals surface area contributed by atoms with Crippen LogP contribution in [0.4, 0.5) is 0 Å². The lowest BCUT2D eigenvalue weighted by atomic mass is 10.0. The van der Waals surface area contributed by atoms with Crippen LogP contribution < -0.4 is 5.73 Å². The van der Waals surface area contributed by atoms with Crippen molar-refractivity contribution in [3.63, 3.8) is 0 Å². The average Bonchev–Trinajstić information content (AvgIpc) is 2.74. The molecule has 3 N–H and O–H groups in total. The molecule has 0 radical (unpaired) electrons. The zero-order valence-corrected chi connectivity index (χ0v) is 12.2. The molecule has 0 amide bonds. The van der Waals surface area contributed by atoms with Crippen molar-refractivity contribution < 1.29 is 0 Å². The first-order chi connectivity index (χ1) is 9.02. The van der Waals surface area contributed by atoms with Gasteiger partial charge >= 0.3 is 0 Å². The summed E-state index contributed by atoms with van der Waals surface area (Å²) in [5.41, 5.74) is 11.7. The molecule has 1 heterocycles. The van der Waals surface area contributed by atoms with Crippen LogP contribution in [0.5, 0.6) is 0 Å². The van der Waals surface area contributed by atoms with Crippen molar-refractivity contribution in [2.75, 3.05) is 6.54 Å². The quantitative estimate of drug-likeness (QED) is 0.882. The fraction of sp³-hybridized carbons (Fsp3) is 0.438. The van der Waals surface area contributed by atoms with Crippen LogP contribution in [0.2, 0.25) is 0 Å². The standard InChI is InChI=1S/C16H23N3/c1-10(2)16-18-14(7-8-17)15(19-16)13-6-5-11(3)9-12(13)4/h5-6,9-10H,7-8,17H2,1-4H3,(H,18,19). The maximum atomic E-state index is 5.71. The Labute approximate surface area is 115 Å². The van der Waals surface area contributed by atoms with Gasteiger partial charge in [0.15, 0.2) is 0 Å². The van der Waals surface area contributed by atoms with Crippen LogP contribution in [0, 0.1) is 13.8 Å². The number of hydrogen-bond donors (Lipinski definition) is 2. The van der Waals surface area contributed by atoms with E-state index >= 15 is 0 Å². The summed E-state index contributed by atoms with van der Waals surface area (Å²) in [5, 5.41) is 0. The third-order valence-corrected chi connectivity index (χ3v) is 3.38. The van der Waals surface area contributed by atoms with Crippen LogP contribution in [0.1, 0.15) is 42.4 Å². The Bertz CT molecular complexity index is 567. The van der Waals surface area contributed by atoms with Crippen LogP contribution in [0.25, 0.3) is 11.3 Å². The maximum absolute atomic E-state index is 5.71. The normalized spacial score (nSPS) is 11.3. The Morgan fingerprint density at radius 2 is 2.00 bits per heavy atom. The lowest BCUT2D eigenvalue weighted by Crippen LogP contribution is -2.04. The van der Waals surface area contributed by atoms with Gasteiger partial charge < -0.3 is 10.7 Å². The number of benzene rings is 1. The zero-order chi connectivity index (χ0) is 14.0. The SMILES string of the molecule is Cc1ccc(-c2nc(C(C)C)[nH]c2CCN)c(C)c1. The van der Waals surface area contributed by atoms with Gasteiger partial charge in [-0.2, -0.15) is 0 Å². The highest BCUT2D eigenvalue weighted by atomic mass is 14.9. The molecule has 1 aromatic carbocycles. The molecule has 3 heteroatoms. The van der Waals surface area contributed by atoms with Gasteiger partial charge in [0.2, 0.25) is 0 Å². The first kappa shape index (κ1) is 13.8. The molecule has 0 aliphatic rings. The van der Waals surface area contributed by atoms with E-state index in [1.165, 1.54) is 16.7 Å². The Morgan fingerprint density at radius 3 is 2.58 bits per heavy atom. The second-order valence-electron chi connectivity index (χ2n) is 5.46. The Balaban J connectivity index is 2.53. The molecule has 1 aromatic heterocycles. The van der Waals surface area contributed by atoms with Gasteiger partial charge in [-0.3, -0.25) is 0 Å². The zero-order valence-electron chi connectivity index (χ0n) is 12.2. The molecule has 19 heavy (non-hydrogen) atoms. The third-order valence-electron chi connectivity index (χ3n) is 3.38. The van der Waals surface area contributed by atoms with Gasteiger partial charge in [0.05, 0.1) is 5.69 Å². The first-order valence-corrected chi connectivity index (χ1v) is 6.89. The second kappa shape index (κ2) is 5.57. The van der Waals surface area contributed by atoms with Crippen molar-refractivity contribution in [3.05, 3.63) is 40.8 Å². The first-order valence-electron chi connectivity index (χ1n) is 6.89. The Morgan fingerprint density at radius 1 is 1.26 bits per heavy atom. The molecule has 0 spiro atoms. The van der Waals surface area contributed by atoms with E-state index in [1.807, 2.05) is 0 Å². The molecule has 102 valence electrons. The number of nitrogens with two attached hydrogens (primary N) is 1. The van der Waals surface area contributed by atoms with Crippen LogP contribution in [-0.4, -0.2) is 16.5 Å². The van der Waals surface area contributed by atoms with Gasteiger partial charge in [0.25, 0.3) is 0 Å². The fourth-order valence-electron chi connectivity index (χ4n) is 2.33. The molecule has 0 aliphatic heterocycles. The summed E-state index contributed by atoms with van der Waals surface area (Å²) >= 11 is 0. The van der Waals surface area contributed by atoms with Crippen molar-refractivity contribution in [2.45, 2.75) is 40.0 Å². The van der Waals surface area contributed by atoms with Gasteiger partial charge in [0.1, 0.15) is 5.82 Å². The van der Waals surface area contributed by atoms with E-state index in [0.29, 0.717) is 12.5 Å². The molecular weight excluding hydrogens is 234 g/mol. The summed E-state index contributed by atoms with van der Waals surface area (Å²) in [5.74, 6) is 1.44. The van der Waals surface area contributed by atoms with Crippen LogP contribution in [-0.2, 0) is 6.42 Å². The minimum Gasteiger partial charge on any atom is -0.345 e. The third kappa shape index (κ3) is 2.87. The molecule has 0 fully saturated rings. The van der Waals surface area contributed by atoms with Crippen LogP contribution in [0.15, 0.2) is 18.2 Å². The molecule has 3 nitrogen and oxygen atoms in total. The second-order valence-corrected chi connectivity index (χ2v) is 5.46. The molecule has 0 saturated carbocycles. The number of aromatic nitrogens is 2. The van der Waals surface area contributed by atoms with Crippen molar-refractivity contribution >= 4 is 0 Å². The smallest absolute Gasteiger partial charge is 0.109 e. The summed E-state index contributed by atoms with van der Waals surface area (Å²) in [4.78, 5) is 8.21. The lowest BCUT2D eigenvalue weighted by Gasteiger charge is -2.06. The van der Waals surface area contributed by atoms with E-state index in [9.17, 15) is 0 Å². The average molecular weight is 257 g/mol. The lowest BCUT2D eigenvalue weighted by molar-refractivity contribution is 0.786. The van der Waals surface area contributed by atoms with Gasteiger partial charge in [0, 0.05) is 23.6 Å². The summed E-state index contributed by atoms with van der Waals surface area (Å²) in [6.07, 6.45) is 0.836. The summed E-state index contributed by atoms with van der Waals surface area (Å²) < 4.78 is 0. The number of imidazole rings is 1. The number of hydrogen-bond acceptors (Lipinski definition) is 2. The van der Waals surface area contributed by atoms with E-state index in [0.717, 1.165) is 23.6 Å². The molecular formula is C16H23N3. The van der Waals surface area contributed by atoms with E-state index in [4.69, 9.17) is 10.7 Å². The number of nitrogens with zero attached hydrogens (tertiary/aromatic N) is 1. The molecule has 0 bridgehead atoms. The number of H-pyrrole nitrogens is 1. The topological polar surface area (TPSA) is 54.7 Å². The molecule has 0 atom stereocenters. The van der Waals surface area contributed by atoms with Crippen molar-refractivity contribution in [1.82, 2.24) is 9.97 Å². The minimum absolute atomic E-state index is 0.399. The van der Waals surface area contributed by atoms with E-state index in [-0.39, 0.29) is 0 Å². The molecule has 0 aliphatic carbocycles. The van der Waals surface area contributed by atoms with Gasteiger partial charge in [-0.25, -0.2) is 4.98 Å². The Kier molecular flexibility index (Phi) is 4.05. The van der Waals surface area contributed by atoms with Gasteiger partial charge in [-0.15, -0.1) is 0 Å². The van der Waals surface area contributed by atoms with Crippen LogP contribution >= 0.6 is 0 Å². The predicted octanol–water partition coefficient (Wildman–Crippen LogP) is 3.32. The van der Waals surface area contributed by atoms with Crippen LogP contribution in [0.3, 0.4) is 0 Å². The number of nitrogens with one attached hydrogen (secondary N) is 1. The highest BCUT2D eigenvalue weighted by Gasteiger charge is 2.15. The van der Waals surface area contributed by atoms with E-state index in [1.54, 1.807) is 0 Å². The summed E-state index contributed by atoms with van der Waals surface area (Å²) in [6.45, 7) is 9.19. The monoisotopic (exact) mass is 257 g/mol. The maximum Gasteiger partial charge on any atom is 0.109 e. The van der Waals surface area contributed by atoms with Crippen molar-refractivity contribution in [1.29, 1.82) is 0 Å². The molecule has 0 saturated heterocycles. The number of rotatable bonds is 4. The van der Waals surface area contributed by atoms with Gasteiger partial charge in [-0.05, 0) is 26.0 Å². The van der Waals surface area contributed by atoms with Crippen molar-refractivity contribution in [2.24, 2.45) is 5.73 Å². The highest BCUT2D eigenvalue weighted by molar-refractivity contribution is 5.66.